The van der Waals surface area contributed by atoms with E-state index in [4.69, 9.17) is 4.74 Å². The molecule has 0 aromatic heterocycles. The molecule has 0 amide bonds. The molecule has 1 aromatic carbocycles. The van der Waals surface area contributed by atoms with E-state index in [-0.39, 0.29) is 49.4 Å². The Morgan fingerprint density at radius 2 is 1.43 bits per heavy atom. The molecule has 0 aliphatic heterocycles. The Hall–Kier alpha value is -1.62. The Morgan fingerprint density at radius 3 is 1.83 bits per heavy atom. The zero-order valence-electron chi connectivity index (χ0n) is 14.4. The normalized spacial score (nSPS) is 11.8. The van der Waals surface area contributed by atoms with Gasteiger partial charge in [0.25, 0.3) is 0 Å². The summed E-state index contributed by atoms with van der Waals surface area (Å²) in [5.74, 6) is -0.601. The monoisotopic (exact) mass is 338 g/mol. The van der Waals surface area contributed by atoms with E-state index in [1.54, 1.807) is 38.1 Å². The van der Waals surface area contributed by atoms with Crippen molar-refractivity contribution in [2.45, 2.75) is 47.1 Å². The van der Waals surface area contributed by atoms with Crippen molar-refractivity contribution in [1.29, 1.82) is 0 Å². The van der Waals surface area contributed by atoms with E-state index in [2.05, 4.69) is 0 Å². The highest BCUT2D eigenvalue weighted by atomic mass is 32.1. The second-order valence-corrected chi connectivity index (χ2v) is 6.12. The smallest absolute Gasteiger partial charge is 0.338 e. The second kappa shape index (κ2) is 9.50. The third kappa shape index (κ3) is 6.57. The summed E-state index contributed by atoms with van der Waals surface area (Å²) < 4.78 is 5.10. The van der Waals surface area contributed by atoms with Gasteiger partial charge >= 0.3 is 5.97 Å². The van der Waals surface area contributed by atoms with Crippen LogP contribution in [0.5, 0.6) is 0 Å². The molecule has 23 heavy (non-hydrogen) atoms. The van der Waals surface area contributed by atoms with Crippen LogP contribution in [0.3, 0.4) is 0 Å². The van der Waals surface area contributed by atoms with Crippen molar-refractivity contribution in [3.63, 3.8) is 0 Å². The molecule has 0 bridgehead atoms. The van der Waals surface area contributed by atoms with Gasteiger partial charge < -0.3 is 4.74 Å². The lowest BCUT2D eigenvalue weighted by molar-refractivity contribution is -0.121. The SMILES string of the molecule is CC(=O)C(CC(=O)c1ccc(C(=O)OC(C)C)cc1)C(C)C.S. The molecule has 1 unspecified atom stereocenters. The van der Waals surface area contributed by atoms with Crippen LogP contribution in [0, 0.1) is 11.8 Å². The highest BCUT2D eigenvalue weighted by Gasteiger charge is 2.22. The minimum Gasteiger partial charge on any atom is -0.459 e. The fraction of sp³-hybridized carbons (Fsp3) is 0.500. The average Bonchev–Trinajstić information content (AvgIpc) is 2.43. The summed E-state index contributed by atoms with van der Waals surface area (Å²) in [7, 11) is 0. The van der Waals surface area contributed by atoms with Crippen molar-refractivity contribution in [3.8, 4) is 0 Å². The lowest BCUT2D eigenvalue weighted by Crippen LogP contribution is -2.21. The van der Waals surface area contributed by atoms with Crippen LogP contribution in [-0.4, -0.2) is 23.6 Å². The van der Waals surface area contributed by atoms with Gasteiger partial charge in [-0.25, -0.2) is 4.79 Å². The predicted molar refractivity (Wildman–Crippen MR) is 95.3 cm³/mol. The Kier molecular flexibility index (Phi) is 8.83. The number of carbonyl (C=O) groups excluding carboxylic acids is 3. The van der Waals surface area contributed by atoms with Crippen LogP contribution in [0.25, 0.3) is 0 Å². The van der Waals surface area contributed by atoms with Gasteiger partial charge in [-0.05, 0) is 38.8 Å². The Bertz CT molecular complexity index is 547. The molecule has 1 aromatic rings. The first kappa shape index (κ1) is 21.4. The number of rotatable bonds is 7. The van der Waals surface area contributed by atoms with E-state index in [0.717, 1.165) is 0 Å². The van der Waals surface area contributed by atoms with Crippen LogP contribution >= 0.6 is 13.5 Å². The first-order valence-electron chi connectivity index (χ1n) is 7.57. The van der Waals surface area contributed by atoms with Crippen LogP contribution in [0.4, 0.5) is 0 Å². The van der Waals surface area contributed by atoms with E-state index in [9.17, 15) is 14.4 Å². The van der Waals surface area contributed by atoms with E-state index < -0.39 is 5.97 Å². The molecule has 0 N–H and O–H groups in total. The van der Waals surface area contributed by atoms with Gasteiger partial charge in [0.05, 0.1) is 11.7 Å². The molecule has 0 radical (unpaired) electrons. The number of hydrogen-bond acceptors (Lipinski definition) is 4. The molecule has 0 fully saturated rings. The van der Waals surface area contributed by atoms with Crippen molar-refractivity contribution < 1.29 is 19.1 Å². The van der Waals surface area contributed by atoms with Crippen molar-refractivity contribution in [1.82, 2.24) is 0 Å². The summed E-state index contributed by atoms with van der Waals surface area (Å²) in [6.45, 7) is 8.95. The van der Waals surface area contributed by atoms with Gasteiger partial charge in [0, 0.05) is 17.9 Å². The number of ketones is 2. The van der Waals surface area contributed by atoms with E-state index in [1.165, 1.54) is 6.92 Å². The van der Waals surface area contributed by atoms with E-state index in [1.807, 2.05) is 13.8 Å². The third-order valence-electron chi connectivity index (χ3n) is 3.52. The quantitative estimate of drug-likeness (QED) is 0.560. The zero-order valence-corrected chi connectivity index (χ0v) is 15.4. The lowest BCUT2D eigenvalue weighted by atomic mass is 9.86. The summed E-state index contributed by atoms with van der Waals surface area (Å²) in [6.07, 6.45) is 0.0131. The van der Waals surface area contributed by atoms with Crippen molar-refractivity contribution in [3.05, 3.63) is 35.4 Å². The molecule has 5 heteroatoms. The van der Waals surface area contributed by atoms with Crippen molar-refractivity contribution in [2.24, 2.45) is 11.8 Å². The molecule has 0 aliphatic carbocycles. The fourth-order valence-electron chi connectivity index (χ4n) is 2.24. The summed E-state index contributed by atoms with van der Waals surface area (Å²) in [4.78, 5) is 35.6. The first-order chi connectivity index (χ1) is 10.2. The Balaban J connectivity index is 0.00000484. The number of Topliss-reactive ketones (excluding diaryl/α,β-unsaturated/α-hetero) is 2. The minimum atomic E-state index is -0.405. The van der Waals surface area contributed by atoms with Gasteiger partial charge in [-0.2, -0.15) is 13.5 Å². The number of esters is 1. The fourth-order valence-corrected chi connectivity index (χ4v) is 2.24. The standard InChI is InChI=1S/C18H24O4.H2S/c1-11(2)16(13(5)19)10-17(20)14-6-8-15(9-7-14)18(21)22-12(3)4;/h6-9,11-12,16H,10H2,1-5H3;1H2. The second-order valence-electron chi connectivity index (χ2n) is 6.12. The molecule has 1 rings (SSSR count). The molecule has 1 atom stereocenters. The van der Waals surface area contributed by atoms with Gasteiger partial charge in [0.2, 0.25) is 0 Å². The average molecular weight is 338 g/mol. The Labute approximate surface area is 145 Å². The molecule has 0 spiro atoms. The number of ether oxygens (including phenoxy) is 1. The van der Waals surface area contributed by atoms with Gasteiger partial charge in [0.15, 0.2) is 5.78 Å². The van der Waals surface area contributed by atoms with Gasteiger partial charge in [-0.1, -0.05) is 26.0 Å². The third-order valence-corrected chi connectivity index (χ3v) is 3.52. The number of carbonyl (C=O) groups is 3. The van der Waals surface area contributed by atoms with Gasteiger partial charge in [-0.15, -0.1) is 0 Å². The summed E-state index contributed by atoms with van der Waals surface area (Å²) in [5, 5.41) is 0. The largest absolute Gasteiger partial charge is 0.459 e. The molecular weight excluding hydrogens is 312 g/mol. The maximum absolute atomic E-state index is 12.3. The van der Waals surface area contributed by atoms with E-state index >= 15 is 0 Å². The van der Waals surface area contributed by atoms with Crippen LogP contribution < -0.4 is 0 Å². The van der Waals surface area contributed by atoms with Crippen molar-refractivity contribution >= 4 is 31.0 Å². The summed E-state index contributed by atoms with van der Waals surface area (Å²) in [5.41, 5.74) is 0.922. The molecule has 4 nitrogen and oxygen atoms in total. The van der Waals surface area contributed by atoms with Gasteiger partial charge in [-0.3, -0.25) is 9.59 Å². The topological polar surface area (TPSA) is 60.4 Å². The van der Waals surface area contributed by atoms with Crippen LogP contribution in [0.15, 0.2) is 24.3 Å². The maximum Gasteiger partial charge on any atom is 0.338 e. The van der Waals surface area contributed by atoms with Gasteiger partial charge in [0.1, 0.15) is 5.78 Å². The summed E-state index contributed by atoms with van der Waals surface area (Å²) in [6, 6.07) is 6.37. The predicted octanol–water partition coefficient (Wildman–Crippen LogP) is 3.80. The lowest BCUT2D eigenvalue weighted by Gasteiger charge is -2.16. The van der Waals surface area contributed by atoms with Crippen LogP contribution in [0.2, 0.25) is 0 Å². The minimum absolute atomic E-state index is 0. The highest BCUT2D eigenvalue weighted by Crippen LogP contribution is 2.19. The molecular formula is C18H26O4S. The summed E-state index contributed by atoms with van der Waals surface area (Å²) >= 11 is 0. The zero-order chi connectivity index (χ0) is 16.9. The van der Waals surface area contributed by atoms with Crippen LogP contribution in [-0.2, 0) is 9.53 Å². The molecule has 0 aliphatic rings. The van der Waals surface area contributed by atoms with Crippen molar-refractivity contribution in [2.75, 3.05) is 0 Å². The molecule has 0 saturated heterocycles. The molecule has 0 saturated carbocycles. The molecule has 128 valence electrons. The highest BCUT2D eigenvalue weighted by molar-refractivity contribution is 7.59. The Morgan fingerprint density at radius 1 is 0.957 bits per heavy atom. The first-order valence-corrected chi connectivity index (χ1v) is 7.57. The van der Waals surface area contributed by atoms with Crippen LogP contribution in [0.1, 0.15) is 61.8 Å². The maximum atomic E-state index is 12.3. The number of hydrogen-bond donors (Lipinski definition) is 0. The number of benzene rings is 1. The van der Waals surface area contributed by atoms with E-state index in [0.29, 0.717) is 11.1 Å². The molecule has 0 heterocycles.